The highest BCUT2D eigenvalue weighted by Crippen LogP contribution is 2.21. The highest BCUT2D eigenvalue weighted by Gasteiger charge is 2.25. The number of aromatic amines is 1. The molecule has 11 nitrogen and oxygen atoms in total. The number of hydrogen-bond acceptors (Lipinski definition) is 8. The Balaban J connectivity index is 0.000000157. The van der Waals surface area contributed by atoms with E-state index >= 15 is 0 Å². The number of guanidine groups is 1. The van der Waals surface area contributed by atoms with Gasteiger partial charge < -0.3 is 19.5 Å². The Morgan fingerprint density at radius 1 is 1.34 bits per heavy atom. The molecule has 1 aliphatic rings. The number of nitrogens with one attached hydrogen (secondary N) is 1. The minimum atomic E-state index is -0.718. The molecule has 4 aromatic rings. The maximum atomic E-state index is 10.5. The third-order valence-corrected chi connectivity index (χ3v) is 5.95. The van der Waals surface area contributed by atoms with Crippen LogP contribution in [0.4, 0.5) is 0 Å². The molecule has 1 N–H and O–H groups in total. The molecule has 3 aromatic heterocycles. The van der Waals surface area contributed by atoms with Crippen LogP contribution in [0.3, 0.4) is 0 Å². The van der Waals surface area contributed by atoms with Crippen LogP contribution in [0.2, 0.25) is 4.47 Å². The Labute approximate surface area is 195 Å². The number of thiazole rings is 2. The first-order valence-electron chi connectivity index (χ1n) is 9.20. The minimum Gasteiger partial charge on any atom is -0.341 e. The van der Waals surface area contributed by atoms with E-state index in [9.17, 15) is 10.1 Å². The van der Waals surface area contributed by atoms with Crippen LogP contribution in [-0.2, 0) is 11.3 Å². The number of imidazole rings is 1. The Morgan fingerprint density at radius 3 is 2.88 bits per heavy atom. The minimum absolute atomic E-state index is 0.243. The van der Waals surface area contributed by atoms with Gasteiger partial charge in [-0.1, -0.05) is 23.7 Å². The second-order valence-corrected chi connectivity index (χ2v) is 8.97. The van der Waals surface area contributed by atoms with E-state index in [0.717, 1.165) is 27.4 Å². The maximum absolute atomic E-state index is 10.5. The molecule has 1 aliphatic heterocycles. The molecule has 32 heavy (non-hydrogen) atoms. The van der Waals surface area contributed by atoms with Crippen LogP contribution in [0.15, 0.2) is 46.5 Å². The van der Waals surface area contributed by atoms with E-state index in [1.807, 2.05) is 35.2 Å². The van der Waals surface area contributed by atoms with Gasteiger partial charge in [0.05, 0.1) is 23.1 Å². The van der Waals surface area contributed by atoms with Crippen LogP contribution in [0.1, 0.15) is 4.88 Å². The Morgan fingerprint density at radius 2 is 2.19 bits per heavy atom. The summed E-state index contributed by atoms with van der Waals surface area (Å²) in [7, 11) is 1.67. The highest BCUT2D eigenvalue weighted by atomic mass is 35.5. The lowest BCUT2D eigenvalue weighted by Crippen LogP contribution is -2.49. The summed E-state index contributed by atoms with van der Waals surface area (Å²) >= 11 is 8.63. The molecule has 0 atom stereocenters. The third kappa shape index (κ3) is 5.37. The van der Waals surface area contributed by atoms with Crippen molar-refractivity contribution in [2.75, 3.05) is 20.5 Å². The summed E-state index contributed by atoms with van der Waals surface area (Å²) in [5.41, 5.74) is 4.75. The van der Waals surface area contributed by atoms with Crippen molar-refractivity contribution >= 4 is 51.3 Å². The van der Waals surface area contributed by atoms with Crippen molar-refractivity contribution in [2.45, 2.75) is 6.54 Å². The van der Waals surface area contributed by atoms with Gasteiger partial charge in [-0.25, -0.2) is 25.1 Å². The fraction of sp³-hybridized carbons (Fsp3) is 0.222. The zero-order valence-electron chi connectivity index (χ0n) is 16.7. The van der Waals surface area contributed by atoms with Crippen molar-refractivity contribution in [3.8, 4) is 11.5 Å². The third-order valence-electron chi connectivity index (χ3n) is 4.26. The van der Waals surface area contributed by atoms with Crippen LogP contribution < -0.4 is 0 Å². The van der Waals surface area contributed by atoms with E-state index in [0.29, 0.717) is 11.0 Å². The molecule has 0 aliphatic carbocycles. The van der Waals surface area contributed by atoms with Crippen molar-refractivity contribution in [1.82, 2.24) is 29.7 Å². The fourth-order valence-electron chi connectivity index (χ4n) is 2.92. The number of nitrogens with zero attached hydrogens (tertiary/aromatic N) is 7. The average Bonchev–Trinajstić information content (AvgIpc) is 3.51. The normalized spacial score (nSPS) is 15.1. The number of hydrogen-bond donors (Lipinski definition) is 1. The number of benzene rings is 1. The zero-order valence-corrected chi connectivity index (χ0v) is 19.1. The maximum Gasteiger partial charge on any atom is 0.277 e. The number of nitro groups is 1. The molecule has 0 saturated carbocycles. The number of H-pyrrole nitrogens is 1. The second kappa shape index (κ2) is 9.99. The van der Waals surface area contributed by atoms with E-state index in [4.69, 9.17) is 16.3 Å². The van der Waals surface area contributed by atoms with Crippen molar-refractivity contribution in [3.63, 3.8) is 0 Å². The molecule has 0 radical (unpaired) electrons. The average molecular weight is 493 g/mol. The standard InChI is InChI=1S/C10H7N3S.C8H10ClN5O3S/c1-2-4-8-7(3-1)12-10(13-8)9-5-14-6-11-9;1-12-4-17-5-13(8(12)11-14(15)16)3-6-2-10-7(9)18-6/h1-6H,(H,12,13);2H,3-5H2,1H3/b;11-8+. The summed E-state index contributed by atoms with van der Waals surface area (Å²) in [6, 6.07) is 7.97. The number of halogens is 1. The molecule has 0 unspecified atom stereocenters. The lowest BCUT2D eigenvalue weighted by Gasteiger charge is -2.34. The number of hydrazone groups is 1. The number of aromatic nitrogens is 4. The quantitative estimate of drug-likeness (QED) is 0.337. The molecule has 14 heteroatoms. The topological polar surface area (TPSA) is 126 Å². The first-order chi connectivity index (χ1) is 15.5. The van der Waals surface area contributed by atoms with Gasteiger partial charge in [0.25, 0.3) is 5.96 Å². The first-order valence-corrected chi connectivity index (χ1v) is 11.3. The lowest BCUT2D eigenvalue weighted by atomic mass is 10.3. The second-order valence-electron chi connectivity index (χ2n) is 6.55. The lowest BCUT2D eigenvalue weighted by molar-refractivity contribution is -0.486. The summed E-state index contributed by atoms with van der Waals surface area (Å²) in [4.78, 5) is 30.4. The number of para-hydroxylation sites is 2. The van der Waals surface area contributed by atoms with Crippen LogP contribution >= 0.6 is 34.3 Å². The van der Waals surface area contributed by atoms with Gasteiger partial charge in [0.2, 0.25) is 0 Å². The number of rotatable bonds is 4. The van der Waals surface area contributed by atoms with Crippen molar-refractivity contribution < 1.29 is 9.77 Å². The monoisotopic (exact) mass is 492 g/mol. The SMILES string of the molecule is CN1COCN(Cc2cnc(Cl)s2)/C1=N/[N+](=O)[O-].c1ccc2[nH]c(-c3cscn3)nc2c1. The van der Waals surface area contributed by atoms with E-state index in [2.05, 4.69) is 25.0 Å². The molecule has 166 valence electrons. The van der Waals surface area contributed by atoms with Crippen LogP contribution in [0.25, 0.3) is 22.6 Å². The van der Waals surface area contributed by atoms with E-state index < -0.39 is 5.03 Å². The Kier molecular flexibility index (Phi) is 6.90. The highest BCUT2D eigenvalue weighted by molar-refractivity contribution is 7.15. The molecule has 0 spiro atoms. The summed E-state index contributed by atoms with van der Waals surface area (Å²) in [6.07, 6.45) is 1.63. The molecular weight excluding hydrogens is 476 g/mol. The van der Waals surface area contributed by atoms with Gasteiger partial charge in [0.1, 0.15) is 24.3 Å². The summed E-state index contributed by atoms with van der Waals surface area (Å²) in [5, 5.41) is 15.1. The van der Waals surface area contributed by atoms with Gasteiger partial charge in [-0.15, -0.1) is 22.7 Å². The van der Waals surface area contributed by atoms with E-state index in [1.54, 1.807) is 34.4 Å². The molecule has 4 heterocycles. The number of fused-ring (bicyclic) bond motifs is 1. The summed E-state index contributed by atoms with van der Waals surface area (Å²) < 4.78 is 5.72. The molecular formula is C18H17ClN8O3S2. The van der Waals surface area contributed by atoms with Crippen molar-refractivity contribution in [2.24, 2.45) is 5.10 Å². The molecule has 1 fully saturated rings. The van der Waals surface area contributed by atoms with Crippen molar-refractivity contribution in [3.05, 3.63) is 60.8 Å². The van der Waals surface area contributed by atoms with Gasteiger partial charge in [-0.05, 0) is 12.1 Å². The van der Waals surface area contributed by atoms with Crippen LogP contribution in [0, 0.1) is 10.1 Å². The first kappa shape index (κ1) is 22.1. The van der Waals surface area contributed by atoms with Gasteiger partial charge in [0.15, 0.2) is 15.3 Å². The predicted molar refractivity (Wildman–Crippen MR) is 123 cm³/mol. The van der Waals surface area contributed by atoms with Gasteiger partial charge in [0, 0.05) is 23.5 Å². The van der Waals surface area contributed by atoms with Gasteiger partial charge >= 0.3 is 0 Å². The van der Waals surface area contributed by atoms with Crippen molar-refractivity contribution in [1.29, 1.82) is 0 Å². The molecule has 0 bridgehead atoms. The van der Waals surface area contributed by atoms with Crippen LogP contribution in [-0.4, -0.2) is 61.2 Å². The van der Waals surface area contributed by atoms with Crippen LogP contribution in [0.5, 0.6) is 0 Å². The predicted octanol–water partition coefficient (Wildman–Crippen LogP) is 3.71. The Hall–Kier alpha value is -3.13. The summed E-state index contributed by atoms with van der Waals surface area (Å²) in [5.74, 6) is 1.10. The zero-order chi connectivity index (χ0) is 22.5. The molecule has 1 aromatic carbocycles. The molecule has 0 amide bonds. The van der Waals surface area contributed by atoms with E-state index in [1.165, 1.54) is 11.3 Å². The molecule has 5 rings (SSSR count). The van der Waals surface area contributed by atoms with Gasteiger partial charge in [-0.3, -0.25) is 0 Å². The van der Waals surface area contributed by atoms with E-state index in [-0.39, 0.29) is 19.4 Å². The largest absolute Gasteiger partial charge is 0.341 e. The molecule has 1 saturated heterocycles. The smallest absolute Gasteiger partial charge is 0.277 e. The summed E-state index contributed by atoms with van der Waals surface area (Å²) in [6.45, 7) is 0.931. The Bertz CT molecular complexity index is 1190. The fourth-order valence-corrected chi connectivity index (χ4v) is 4.45. The van der Waals surface area contributed by atoms with Gasteiger partial charge in [-0.2, -0.15) is 0 Å². The number of ether oxygens (including phenoxy) is 1.